The van der Waals surface area contributed by atoms with Gasteiger partial charge in [0, 0.05) is 25.8 Å². The van der Waals surface area contributed by atoms with Crippen molar-refractivity contribution in [3.8, 4) is 23.0 Å². The van der Waals surface area contributed by atoms with Crippen LogP contribution >= 0.6 is 0 Å². The molecule has 2 aliphatic rings. The Hall–Kier alpha value is -4.12. The van der Waals surface area contributed by atoms with E-state index < -0.39 is 35.8 Å². The number of nitrogens with one attached hydrogen (secondary N) is 1. The summed E-state index contributed by atoms with van der Waals surface area (Å²) in [5.74, 6) is -2.15. The Balaban J connectivity index is 1.50. The van der Waals surface area contributed by atoms with Crippen LogP contribution < -0.4 is 14.8 Å². The van der Waals surface area contributed by atoms with Crippen molar-refractivity contribution in [3.05, 3.63) is 47.5 Å². The fraction of sp³-hybridized carbons (Fsp3) is 0.448. The summed E-state index contributed by atoms with van der Waals surface area (Å²) in [5, 5.41) is 22.9. The Morgan fingerprint density at radius 1 is 1.15 bits per heavy atom. The van der Waals surface area contributed by atoms with E-state index in [9.17, 15) is 29.4 Å². The topological polar surface area (TPSA) is 152 Å². The van der Waals surface area contributed by atoms with Gasteiger partial charge >= 0.3 is 5.97 Å². The molecule has 11 nitrogen and oxygen atoms in total. The lowest BCUT2D eigenvalue weighted by Crippen LogP contribution is -2.52. The molecule has 40 heavy (non-hydrogen) atoms. The molecule has 2 heterocycles. The van der Waals surface area contributed by atoms with Gasteiger partial charge in [-0.3, -0.25) is 14.4 Å². The molecule has 11 heteroatoms. The van der Waals surface area contributed by atoms with Crippen LogP contribution in [0.25, 0.3) is 0 Å². The lowest BCUT2D eigenvalue weighted by atomic mass is 9.95. The molecule has 0 aromatic heterocycles. The Bertz CT molecular complexity index is 1280. The van der Waals surface area contributed by atoms with Gasteiger partial charge in [-0.1, -0.05) is 26.0 Å². The summed E-state index contributed by atoms with van der Waals surface area (Å²) in [6.45, 7) is 4.08. The summed E-state index contributed by atoms with van der Waals surface area (Å²) >= 11 is 0. The van der Waals surface area contributed by atoms with E-state index in [1.54, 1.807) is 12.1 Å². The number of esters is 1. The minimum absolute atomic E-state index is 0.0103. The van der Waals surface area contributed by atoms with E-state index in [0.29, 0.717) is 24.9 Å². The summed E-state index contributed by atoms with van der Waals surface area (Å²) in [4.78, 5) is 53.0. The number of phenolic OH excluding ortho intramolecular Hbond substituents is 2. The highest BCUT2D eigenvalue weighted by atomic mass is 16.5. The molecule has 0 aliphatic carbocycles. The van der Waals surface area contributed by atoms with E-state index >= 15 is 0 Å². The quantitative estimate of drug-likeness (QED) is 0.314. The number of fused-ring (bicyclic) bond motifs is 1. The first-order chi connectivity index (χ1) is 19.1. The van der Waals surface area contributed by atoms with Gasteiger partial charge in [0.1, 0.15) is 53.4 Å². The zero-order valence-electron chi connectivity index (χ0n) is 22.7. The normalized spacial score (nSPS) is 19.1. The average molecular weight is 555 g/mol. The molecule has 2 aromatic carbocycles. The number of methoxy groups -OCH3 is 1. The zero-order valence-corrected chi connectivity index (χ0v) is 22.7. The van der Waals surface area contributed by atoms with Gasteiger partial charge in [0.15, 0.2) is 5.78 Å². The summed E-state index contributed by atoms with van der Waals surface area (Å²) in [6.07, 6.45) is 0.729. The Morgan fingerprint density at radius 2 is 1.88 bits per heavy atom. The monoisotopic (exact) mass is 554 g/mol. The van der Waals surface area contributed by atoms with Crippen LogP contribution in [0.4, 0.5) is 0 Å². The number of aromatic hydroxyl groups is 2. The standard InChI is InChI=1S/C29H34N2O9/c1-16(2)11-20(30-28(36)21-5-4-10-31(21)26(35)15-38-3)29(37)39-19-12-22(33)27-23(34)14-24(40-25(27)13-19)17-6-8-18(32)9-7-17/h6-9,12-13,16,20-21,24,32-33H,4-5,10-11,14-15H2,1-3H3,(H,30,36)/t20-,21-,24-/m0/s1. The van der Waals surface area contributed by atoms with E-state index in [4.69, 9.17) is 14.2 Å². The minimum atomic E-state index is -1.02. The van der Waals surface area contributed by atoms with E-state index in [1.165, 1.54) is 30.2 Å². The highest BCUT2D eigenvalue weighted by molar-refractivity contribution is 6.03. The first-order valence-electron chi connectivity index (χ1n) is 13.2. The molecule has 1 fully saturated rings. The lowest BCUT2D eigenvalue weighted by molar-refractivity contribution is -0.144. The van der Waals surface area contributed by atoms with Crippen LogP contribution in [0.1, 0.15) is 61.6 Å². The average Bonchev–Trinajstić information content (AvgIpc) is 3.38. The number of ether oxygens (including phenoxy) is 3. The smallest absolute Gasteiger partial charge is 0.334 e. The predicted octanol–water partition coefficient (Wildman–Crippen LogP) is 2.88. The molecule has 4 rings (SSSR count). The molecule has 0 saturated carbocycles. The van der Waals surface area contributed by atoms with Crippen molar-refractivity contribution in [3.63, 3.8) is 0 Å². The van der Waals surface area contributed by atoms with E-state index in [1.807, 2.05) is 13.8 Å². The first kappa shape index (κ1) is 28.9. The fourth-order valence-corrected chi connectivity index (χ4v) is 5.03. The second-order valence-electron chi connectivity index (χ2n) is 10.4. The summed E-state index contributed by atoms with van der Waals surface area (Å²) < 4.78 is 16.4. The first-order valence-corrected chi connectivity index (χ1v) is 13.2. The highest BCUT2D eigenvalue weighted by Gasteiger charge is 2.37. The van der Waals surface area contributed by atoms with Crippen LogP contribution in [-0.4, -0.2) is 71.0 Å². The molecule has 3 atom stereocenters. The predicted molar refractivity (Wildman–Crippen MR) is 142 cm³/mol. The summed E-state index contributed by atoms with van der Waals surface area (Å²) in [5.41, 5.74) is 0.646. The molecule has 0 bridgehead atoms. The van der Waals surface area contributed by atoms with Crippen LogP contribution in [-0.2, 0) is 19.1 Å². The molecule has 0 unspecified atom stereocenters. The van der Waals surface area contributed by atoms with Crippen LogP contribution in [0.15, 0.2) is 36.4 Å². The third-order valence-electron chi connectivity index (χ3n) is 6.91. The molecular weight excluding hydrogens is 520 g/mol. The number of Topliss-reactive ketones (excluding diaryl/α,β-unsaturated/α-hetero) is 1. The molecule has 214 valence electrons. The van der Waals surface area contributed by atoms with E-state index in [2.05, 4.69) is 5.32 Å². The van der Waals surface area contributed by atoms with Gasteiger partial charge in [-0.05, 0) is 42.9 Å². The number of phenols is 2. The van der Waals surface area contributed by atoms with Crippen LogP contribution in [0.3, 0.4) is 0 Å². The second kappa shape index (κ2) is 12.4. The second-order valence-corrected chi connectivity index (χ2v) is 10.4. The van der Waals surface area contributed by atoms with Gasteiger partial charge in [0.05, 0.1) is 6.42 Å². The maximum absolute atomic E-state index is 13.2. The number of likely N-dealkylation sites (tertiary alicyclic amines) is 1. The fourth-order valence-electron chi connectivity index (χ4n) is 5.03. The molecule has 3 N–H and O–H groups in total. The van der Waals surface area contributed by atoms with Crippen molar-refractivity contribution in [1.29, 1.82) is 0 Å². The number of amides is 2. The van der Waals surface area contributed by atoms with Crippen molar-refractivity contribution in [2.45, 2.75) is 57.7 Å². The zero-order chi connectivity index (χ0) is 29.0. The van der Waals surface area contributed by atoms with Crippen molar-refractivity contribution in [1.82, 2.24) is 10.2 Å². The Kier molecular flexibility index (Phi) is 8.93. The molecule has 2 amide bonds. The van der Waals surface area contributed by atoms with Crippen molar-refractivity contribution >= 4 is 23.6 Å². The SMILES string of the molecule is COCC(=O)N1CCC[C@H]1C(=O)N[C@@H](CC(C)C)C(=O)Oc1cc(O)c2c(c1)O[C@H](c1ccc(O)cc1)CC2=O. The Labute approximate surface area is 232 Å². The molecule has 1 saturated heterocycles. The van der Waals surface area contributed by atoms with Crippen molar-refractivity contribution < 1.29 is 43.6 Å². The van der Waals surface area contributed by atoms with Gasteiger partial charge in [-0.15, -0.1) is 0 Å². The van der Waals surface area contributed by atoms with Crippen LogP contribution in [0, 0.1) is 5.92 Å². The van der Waals surface area contributed by atoms with Gasteiger partial charge < -0.3 is 34.6 Å². The largest absolute Gasteiger partial charge is 0.508 e. The number of carbonyl (C=O) groups excluding carboxylic acids is 4. The van der Waals surface area contributed by atoms with Crippen molar-refractivity contribution in [2.24, 2.45) is 5.92 Å². The summed E-state index contributed by atoms with van der Waals surface area (Å²) in [7, 11) is 1.41. The van der Waals surface area contributed by atoms with E-state index in [0.717, 1.165) is 6.07 Å². The maximum atomic E-state index is 13.2. The molecule has 0 spiro atoms. The maximum Gasteiger partial charge on any atom is 0.334 e. The number of carbonyl (C=O) groups is 4. The molecule has 2 aliphatic heterocycles. The summed E-state index contributed by atoms with van der Waals surface area (Å²) in [6, 6.07) is 7.02. The Morgan fingerprint density at radius 3 is 2.55 bits per heavy atom. The molecule has 2 aromatic rings. The third-order valence-corrected chi connectivity index (χ3v) is 6.91. The molecule has 0 radical (unpaired) electrons. The van der Waals surface area contributed by atoms with Crippen LogP contribution in [0.2, 0.25) is 0 Å². The third kappa shape index (κ3) is 6.53. The van der Waals surface area contributed by atoms with Gasteiger partial charge in [0.2, 0.25) is 11.8 Å². The lowest BCUT2D eigenvalue weighted by Gasteiger charge is -2.27. The number of rotatable bonds is 9. The van der Waals surface area contributed by atoms with E-state index in [-0.39, 0.29) is 59.9 Å². The highest BCUT2D eigenvalue weighted by Crippen LogP contribution is 2.42. The number of hydrogen-bond acceptors (Lipinski definition) is 9. The van der Waals surface area contributed by atoms with Gasteiger partial charge in [0.25, 0.3) is 0 Å². The number of ketones is 1. The van der Waals surface area contributed by atoms with Gasteiger partial charge in [-0.25, -0.2) is 4.79 Å². The van der Waals surface area contributed by atoms with Gasteiger partial charge in [-0.2, -0.15) is 0 Å². The minimum Gasteiger partial charge on any atom is -0.508 e. The van der Waals surface area contributed by atoms with Crippen molar-refractivity contribution in [2.75, 3.05) is 20.3 Å². The number of hydrogen-bond donors (Lipinski definition) is 3. The van der Waals surface area contributed by atoms with Crippen LogP contribution in [0.5, 0.6) is 23.0 Å². The molecular formula is C29H34N2O9. The number of nitrogens with zero attached hydrogens (tertiary/aromatic N) is 1. The number of benzene rings is 2.